The average Bonchev–Trinajstić information content (AvgIpc) is 2.50. The fourth-order valence-electron chi connectivity index (χ4n) is 2.17. The lowest BCUT2D eigenvalue weighted by Gasteiger charge is -2.30. The van der Waals surface area contributed by atoms with E-state index in [2.05, 4.69) is 5.32 Å². The van der Waals surface area contributed by atoms with Crippen LogP contribution in [0, 0.1) is 0 Å². The molecule has 1 aromatic carbocycles. The van der Waals surface area contributed by atoms with E-state index in [1.165, 1.54) is 0 Å². The Hall–Kier alpha value is -2.25. The SMILES string of the molecule is O=C(NCc1ccccc1)C(NO)N1C(=O)CCCC1=O. The lowest BCUT2D eigenvalue weighted by Crippen LogP contribution is -2.59. The van der Waals surface area contributed by atoms with E-state index in [9.17, 15) is 14.4 Å². The second-order valence-electron chi connectivity index (χ2n) is 4.75. The van der Waals surface area contributed by atoms with Crippen molar-refractivity contribution < 1.29 is 19.6 Å². The number of nitrogens with one attached hydrogen (secondary N) is 2. The third-order valence-corrected chi connectivity index (χ3v) is 3.26. The quantitative estimate of drug-likeness (QED) is 0.530. The first-order chi connectivity index (χ1) is 10.1. The van der Waals surface area contributed by atoms with Gasteiger partial charge in [-0.25, -0.2) is 0 Å². The molecule has 1 aliphatic rings. The highest BCUT2D eigenvalue weighted by Gasteiger charge is 2.36. The van der Waals surface area contributed by atoms with Crippen molar-refractivity contribution in [3.05, 3.63) is 35.9 Å². The Labute approximate surface area is 121 Å². The molecule has 0 saturated carbocycles. The van der Waals surface area contributed by atoms with Gasteiger partial charge in [0.15, 0.2) is 6.17 Å². The van der Waals surface area contributed by atoms with Gasteiger partial charge in [-0.15, -0.1) is 0 Å². The van der Waals surface area contributed by atoms with Gasteiger partial charge in [0.1, 0.15) is 0 Å². The molecular weight excluding hydrogens is 274 g/mol. The number of rotatable bonds is 5. The van der Waals surface area contributed by atoms with Crippen molar-refractivity contribution in [1.82, 2.24) is 15.7 Å². The molecule has 1 heterocycles. The van der Waals surface area contributed by atoms with E-state index in [1.807, 2.05) is 30.3 Å². The Kier molecular flexibility index (Phi) is 5.02. The largest absolute Gasteiger partial charge is 0.349 e. The highest BCUT2D eigenvalue weighted by Crippen LogP contribution is 2.14. The maximum atomic E-state index is 12.1. The van der Waals surface area contributed by atoms with E-state index in [4.69, 9.17) is 5.21 Å². The number of likely N-dealkylation sites (tertiary alicyclic amines) is 1. The third-order valence-electron chi connectivity index (χ3n) is 3.26. The topological polar surface area (TPSA) is 98.7 Å². The number of carbonyl (C=O) groups excluding carboxylic acids is 3. The number of carbonyl (C=O) groups is 3. The molecule has 0 bridgehead atoms. The molecule has 3 amide bonds. The zero-order valence-electron chi connectivity index (χ0n) is 11.4. The molecule has 0 radical (unpaired) electrons. The number of imide groups is 1. The number of hydrogen-bond donors (Lipinski definition) is 3. The molecule has 21 heavy (non-hydrogen) atoms. The fraction of sp³-hybridized carbons (Fsp3) is 0.357. The third kappa shape index (κ3) is 3.65. The normalized spacial score (nSPS) is 16.7. The van der Waals surface area contributed by atoms with Gasteiger partial charge >= 0.3 is 0 Å². The highest BCUT2D eigenvalue weighted by atomic mass is 16.5. The van der Waals surface area contributed by atoms with Crippen molar-refractivity contribution in [1.29, 1.82) is 0 Å². The van der Waals surface area contributed by atoms with Crippen LogP contribution in [0.2, 0.25) is 0 Å². The van der Waals surface area contributed by atoms with E-state index >= 15 is 0 Å². The first-order valence-electron chi connectivity index (χ1n) is 6.69. The van der Waals surface area contributed by atoms with Gasteiger partial charge in [-0.2, -0.15) is 5.48 Å². The van der Waals surface area contributed by atoms with Crippen molar-refractivity contribution >= 4 is 17.7 Å². The molecule has 7 heteroatoms. The number of hydrogen-bond acceptors (Lipinski definition) is 5. The summed E-state index contributed by atoms with van der Waals surface area (Å²) in [7, 11) is 0. The smallest absolute Gasteiger partial charge is 0.260 e. The van der Waals surface area contributed by atoms with Crippen LogP contribution in [0.4, 0.5) is 0 Å². The van der Waals surface area contributed by atoms with Crippen LogP contribution in [0.1, 0.15) is 24.8 Å². The van der Waals surface area contributed by atoms with E-state index in [-0.39, 0.29) is 19.4 Å². The molecule has 112 valence electrons. The van der Waals surface area contributed by atoms with Gasteiger partial charge in [-0.3, -0.25) is 19.3 Å². The molecule has 1 atom stereocenters. The van der Waals surface area contributed by atoms with Gasteiger partial charge in [-0.1, -0.05) is 30.3 Å². The number of benzene rings is 1. The number of hydroxylamine groups is 1. The lowest BCUT2D eigenvalue weighted by atomic mass is 10.1. The minimum atomic E-state index is -1.39. The maximum absolute atomic E-state index is 12.1. The number of nitrogens with zero attached hydrogens (tertiary/aromatic N) is 1. The van der Waals surface area contributed by atoms with Gasteiger partial charge < -0.3 is 10.5 Å². The molecule has 0 spiro atoms. The summed E-state index contributed by atoms with van der Waals surface area (Å²) in [6, 6.07) is 9.19. The maximum Gasteiger partial charge on any atom is 0.260 e. The minimum absolute atomic E-state index is 0.190. The van der Waals surface area contributed by atoms with Crippen LogP contribution >= 0.6 is 0 Å². The van der Waals surface area contributed by atoms with Gasteiger partial charge in [0.25, 0.3) is 5.91 Å². The van der Waals surface area contributed by atoms with Crippen molar-refractivity contribution in [2.24, 2.45) is 0 Å². The zero-order chi connectivity index (χ0) is 15.2. The summed E-state index contributed by atoms with van der Waals surface area (Å²) in [6.07, 6.45) is -0.544. The summed E-state index contributed by atoms with van der Waals surface area (Å²) in [5.74, 6) is -1.56. The second kappa shape index (κ2) is 6.96. The Balaban J connectivity index is 2.01. The molecule has 1 aliphatic heterocycles. The number of amides is 3. The van der Waals surface area contributed by atoms with Gasteiger partial charge in [0, 0.05) is 19.4 Å². The fourth-order valence-corrected chi connectivity index (χ4v) is 2.17. The van der Waals surface area contributed by atoms with Gasteiger partial charge in [0.05, 0.1) is 0 Å². The van der Waals surface area contributed by atoms with Crippen molar-refractivity contribution in [3.8, 4) is 0 Å². The Bertz CT molecular complexity index is 516. The molecule has 0 aliphatic carbocycles. The predicted octanol–water partition coefficient (Wildman–Crippen LogP) is 0.147. The Morgan fingerprint density at radius 3 is 2.38 bits per heavy atom. The van der Waals surface area contributed by atoms with E-state index in [0.29, 0.717) is 6.42 Å². The molecule has 0 aromatic heterocycles. The molecule has 1 saturated heterocycles. The lowest BCUT2D eigenvalue weighted by molar-refractivity contribution is -0.160. The summed E-state index contributed by atoms with van der Waals surface area (Å²) in [6.45, 7) is 0.244. The average molecular weight is 291 g/mol. The van der Waals surface area contributed by atoms with Crippen molar-refractivity contribution in [2.75, 3.05) is 0 Å². The van der Waals surface area contributed by atoms with E-state index in [0.717, 1.165) is 10.5 Å². The summed E-state index contributed by atoms with van der Waals surface area (Å²) >= 11 is 0. The molecule has 3 N–H and O–H groups in total. The molecule has 1 unspecified atom stereocenters. The van der Waals surface area contributed by atoms with Crippen LogP contribution in [-0.4, -0.2) is 34.0 Å². The first kappa shape index (κ1) is 15.1. The van der Waals surface area contributed by atoms with Crippen molar-refractivity contribution in [3.63, 3.8) is 0 Å². The second-order valence-corrected chi connectivity index (χ2v) is 4.75. The van der Waals surface area contributed by atoms with Crippen LogP contribution in [0.15, 0.2) is 30.3 Å². The minimum Gasteiger partial charge on any atom is -0.349 e. The van der Waals surface area contributed by atoms with Crippen molar-refractivity contribution in [2.45, 2.75) is 32.0 Å². The zero-order valence-corrected chi connectivity index (χ0v) is 11.4. The highest BCUT2D eigenvalue weighted by molar-refractivity contribution is 6.01. The monoisotopic (exact) mass is 291 g/mol. The Morgan fingerprint density at radius 2 is 1.81 bits per heavy atom. The van der Waals surface area contributed by atoms with Gasteiger partial charge in [-0.05, 0) is 12.0 Å². The molecular formula is C14H17N3O4. The van der Waals surface area contributed by atoms with Crippen LogP contribution in [0.5, 0.6) is 0 Å². The molecule has 1 aromatic rings. The summed E-state index contributed by atoms with van der Waals surface area (Å²) < 4.78 is 0. The van der Waals surface area contributed by atoms with E-state index in [1.54, 1.807) is 5.48 Å². The summed E-state index contributed by atoms with van der Waals surface area (Å²) in [5.41, 5.74) is 2.61. The van der Waals surface area contributed by atoms with Crippen LogP contribution in [-0.2, 0) is 20.9 Å². The number of piperidine rings is 1. The molecule has 2 rings (SSSR count). The molecule has 1 fully saturated rings. The van der Waals surface area contributed by atoms with Crippen LogP contribution in [0.25, 0.3) is 0 Å². The van der Waals surface area contributed by atoms with Crippen LogP contribution in [0.3, 0.4) is 0 Å². The first-order valence-corrected chi connectivity index (χ1v) is 6.69. The Morgan fingerprint density at radius 1 is 1.19 bits per heavy atom. The molecule has 7 nitrogen and oxygen atoms in total. The van der Waals surface area contributed by atoms with Gasteiger partial charge in [0.2, 0.25) is 11.8 Å². The standard InChI is InChI=1S/C14H17N3O4/c18-11-7-4-8-12(19)17(11)13(16-21)14(20)15-9-10-5-2-1-3-6-10/h1-3,5-6,13,16,21H,4,7-9H2,(H,15,20). The van der Waals surface area contributed by atoms with Crippen LogP contribution < -0.4 is 10.8 Å². The summed E-state index contributed by atoms with van der Waals surface area (Å²) in [4.78, 5) is 36.4. The predicted molar refractivity (Wildman–Crippen MR) is 72.7 cm³/mol. The summed E-state index contributed by atoms with van der Waals surface area (Å²) in [5, 5.41) is 11.7. The van der Waals surface area contributed by atoms with E-state index < -0.39 is 23.9 Å².